The number of ether oxygens (including phenoxy) is 1. The van der Waals surface area contributed by atoms with Crippen LogP contribution in [0.2, 0.25) is 0 Å². The number of aromatic nitrogens is 2. The lowest BCUT2D eigenvalue weighted by atomic mass is 10.1. The average Bonchev–Trinajstić information content (AvgIpc) is 2.46. The minimum absolute atomic E-state index is 0.265. The van der Waals surface area contributed by atoms with Crippen LogP contribution < -0.4 is 10.6 Å². The molecule has 2 N–H and O–H groups in total. The Balaban J connectivity index is 1.73. The van der Waals surface area contributed by atoms with E-state index in [-0.39, 0.29) is 11.6 Å². The minimum atomic E-state index is -0.355. The zero-order valence-corrected chi connectivity index (χ0v) is 11.3. The summed E-state index contributed by atoms with van der Waals surface area (Å²) in [5.41, 5.74) is 0.441. The molecule has 0 bridgehead atoms. The summed E-state index contributed by atoms with van der Waals surface area (Å²) < 4.78 is 19.6. The third-order valence-electron chi connectivity index (χ3n) is 3.23. The molecule has 5 nitrogen and oxygen atoms in total. The van der Waals surface area contributed by atoms with Crippen molar-refractivity contribution in [1.29, 1.82) is 0 Å². The van der Waals surface area contributed by atoms with Crippen LogP contribution in [-0.2, 0) is 11.2 Å². The van der Waals surface area contributed by atoms with E-state index < -0.39 is 0 Å². The maximum atomic E-state index is 13.8. The Morgan fingerprint density at radius 1 is 1.42 bits per heavy atom. The van der Waals surface area contributed by atoms with Crippen molar-refractivity contribution in [2.24, 2.45) is 0 Å². The van der Waals surface area contributed by atoms with Gasteiger partial charge in [-0.15, -0.1) is 0 Å². The van der Waals surface area contributed by atoms with Gasteiger partial charge in [0.05, 0.1) is 18.4 Å². The molecule has 0 atom stereocenters. The van der Waals surface area contributed by atoms with Gasteiger partial charge in [-0.25, -0.2) is 14.4 Å². The molecule has 19 heavy (non-hydrogen) atoms. The van der Waals surface area contributed by atoms with Crippen molar-refractivity contribution in [3.8, 4) is 0 Å². The van der Waals surface area contributed by atoms with Crippen LogP contribution in [-0.4, -0.2) is 42.3 Å². The van der Waals surface area contributed by atoms with E-state index in [2.05, 4.69) is 20.6 Å². The molecular weight excluding hydrogens is 247 g/mol. The minimum Gasteiger partial charge on any atom is -0.376 e. The Morgan fingerprint density at radius 3 is 2.95 bits per heavy atom. The highest BCUT2D eigenvalue weighted by atomic mass is 19.1. The second-order valence-corrected chi connectivity index (χ2v) is 4.58. The van der Waals surface area contributed by atoms with Gasteiger partial charge in [-0.1, -0.05) is 6.92 Å². The Kier molecular flexibility index (Phi) is 5.47. The summed E-state index contributed by atoms with van der Waals surface area (Å²) in [5, 5.41) is 6.25. The highest BCUT2D eigenvalue weighted by Crippen LogP contribution is 2.13. The summed E-state index contributed by atoms with van der Waals surface area (Å²) in [6, 6.07) is 0. The molecule has 1 aliphatic rings. The number of nitrogens with one attached hydrogen (secondary N) is 2. The van der Waals surface area contributed by atoms with Crippen molar-refractivity contribution >= 4 is 5.82 Å². The van der Waals surface area contributed by atoms with Crippen molar-refractivity contribution in [1.82, 2.24) is 15.3 Å². The van der Waals surface area contributed by atoms with Gasteiger partial charge in [-0.2, -0.15) is 0 Å². The van der Waals surface area contributed by atoms with Gasteiger partial charge in [-0.05, 0) is 32.4 Å². The van der Waals surface area contributed by atoms with E-state index in [1.807, 2.05) is 6.92 Å². The molecule has 0 aliphatic carbocycles. The average molecular weight is 268 g/mol. The first-order valence-corrected chi connectivity index (χ1v) is 6.86. The molecule has 0 amide bonds. The first kappa shape index (κ1) is 14.1. The van der Waals surface area contributed by atoms with Crippen molar-refractivity contribution in [3.63, 3.8) is 0 Å². The van der Waals surface area contributed by atoms with Crippen LogP contribution in [0.5, 0.6) is 0 Å². The quantitative estimate of drug-likeness (QED) is 0.763. The Hall–Kier alpha value is -1.27. The highest BCUT2D eigenvalue weighted by Gasteiger charge is 2.13. The molecule has 6 heteroatoms. The third kappa shape index (κ3) is 4.11. The third-order valence-corrected chi connectivity index (χ3v) is 3.23. The molecular formula is C13H21FN4O. The summed E-state index contributed by atoms with van der Waals surface area (Å²) in [6.45, 7) is 5.02. The fourth-order valence-corrected chi connectivity index (χ4v) is 2.13. The molecule has 1 aromatic heterocycles. The van der Waals surface area contributed by atoms with E-state index in [9.17, 15) is 4.39 Å². The summed E-state index contributed by atoms with van der Waals surface area (Å²) in [5.74, 6) is -0.0902. The van der Waals surface area contributed by atoms with Gasteiger partial charge in [0.1, 0.15) is 6.33 Å². The van der Waals surface area contributed by atoms with E-state index in [4.69, 9.17) is 4.74 Å². The smallest absolute Gasteiger partial charge is 0.186 e. The van der Waals surface area contributed by atoms with Crippen LogP contribution >= 0.6 is 0 Å². The van der Waals surface area contributed by atoms with E-state index in [1.54, 1.807) is 0 Å². The first-order valence-electron chi connectivity index (χ1n) is 6.86. The molecule has 106 valence electrons. The molecule has 0 radical (unpaired) electrons. The standard InChI is InChI=1S/C13H21FN4O/c1-2-11-12(14)13(18-9-17-11)16-7-8-19-10-3-5-15-6-4-10/h9-10,15H,2-8H2,1H3,(H,16,17,18). The van der Waals surface area contributed by atoms with E-state index >= 15 is 0 Å². The summed E-state index contributed by atoms with van der Waals surface area (Å²) in [6.07, 6.45) is 4.36. The Bertz CT molecular complexity index is 396. The van der Waals surface area contributed by atoms with Gasteiger partial charge in [-0.3, -0.25) is 0 Å². The summed E-state index contributed by atoms with van der Waals surface area (Å²) in [4.78, 5) is 7.80. The van der Waals surface area contributed by atoms with Gasteiger partial charge < -0.3 is 15.4 Å². The normalized spacial score (nSPS) is 16.5. The van der Waals surface area contributed by atoms with Gasteiger partial charge in [0.15, 0.2) is 11.6 Å². The molecule has 0 spiro atoms. The van der Waals surface area contributed by atoms with Crippen LogP contribution in [0.3, 0.4) is 0 Å². The fourth-order valence-electron chi connectivity index (χ4n) is 2.13. The predicted molar refractivity (Wildman–Crippen MR) is 71.7 cm³/mol. The number of piperidine rings is 1. The SMILES string of the molecule is CCc1ncnc(NCCOC2CCNCC2)c1F. The van der Waals surface area contributed by atoms with Crippen LogP contribution in [0.15, 0.2) is 6.33 Å². The van der Waals surface area contributed by atoms with Gasteiger partial charge >= 0.3 is 0 Å². The first-order chi connectivity index (χ1) is 9.31. The predicted octanol–water partition coefficient (Wildman–Crippen LogP) is 1.36. The number of nitrogens with zero attached hydrogens (tertiary/aromatic N) is 2. The van der Waals surface area contributed by atoms with Crippen LogP contribution in [0.25, 0.3) is 0 Å². The molecule has 1 saturated heterocycles. The second kappa shape index (κ2) is 7.35. The lowest BCUT2D eigenvalue weighted by Gasteiger charge is -2.23. The molecule has 2 heterocycles. The number of anilines is 1. The van der Waals surface area contributed by atoms with Crippen molar-refractivity contribution in [3.05, 3.63) is 17.8 Å². The summed E-state index contributed by atoms with van der Waals surface area (Å²) in [7, 11) is 0. The van der Waals surface area contributed by atoms with Crippen molar-refractivity contribution in [2.45, 2.75) is 32.3 Å². The largest absolute Gasteiger partial charge is 0.376 e. The maximum Gasteiger partial charge on any atom is 0.186 e. The number of hydrogen-bond donors (Lipinski definition) is 2. The van der Waals surface area contributed by atoms with Gasteiger partial charge in [0, 0.05) is 6.54 Å². The van der Waals surface area contributed by atoms with Gasteiger partial charge in [0.25, 0.3) is 0 Å². The molecule has 1 fully saturated rings. The van der Waals surface area contributed by atoms with Crippen molar-refractivity contribution < 1.29 is 9.13 Å². The summed E-state index contributed by atoms with van der Waals surface area (Å²) >= 11 is 0. The zero-order chi connectivity index (χ0) is 13.5. The fraction of sp³-hybridized carbons (Fsp3) is 0.692. The molecule has 1 aromatic rings. The topological polar surface area (TPSA) is 59.1 Å². The number of hydrogen-bond acceptors (Lipinski definition) is 5. The lowest BCUT2D eigenvalue weighted by Crippen LogP contribution is -2.33. The van der Waals surface area contributed by atoms with Crippen LogP contribution in [0.1, 0.15) is 25.5 Å². The molecule has 0 saturated carbocycles. The van der Waals surface area contributed by atoms with Crippen LogP contribution in [0, 0.1) is 5.82 Å². The second-order valence-electron chi connectivity index (χ2n) is 4.58. The van der Waals surface area contributed by atoms with Crippen LogP contribution in [0.4, 0.5) is 10.2 Å². The Morgan fingerprint density at radius 2 is 2.21 bits per heavy atom. The molecule has 0 aromatic carbocycles. The maximum absolute atomic E-state index is 13.8. The number of aryl methyl sites for hydroxylation is 1. The number of rotatable bonds is 6. The molecule has 1 aliphatic heterocycles. The number of halogens is 1. The van der Waals surface area contributed by atoms with E-state index in [0.717, 1.165) is 25.9 Å². The highest BCUT2D eigenvalue weighted by molar-refractivity contribution is 5.37. The molecule has 2 rings (SSSR count). The van der Waals surface area contributed by atoms with Gasteiger partial charge in [0.2, 0.25) is 0 Å². The zero-order valence-electron chi connectivity index (χ0n) is 11.3. The van der Waals surface area contributed by atoms with E-state index in [0.29, 0.717) is 31.4 Å². The Labute approximate surface area is 113 Å². The van der Waals surface area contributed by atoms with E-state index in [1.165, 1.54) is 6.33 Å². The van der Waals surface area contributed by atoms with Crippen molar-refractivity contribution in [2.75, 3.05) is 31.6 Å². The lowest BCUT2D eigenvalue weighted by molar-refractivity contribution is 0.0394. The monoisotopic (exact) mass is 268 g/mol. The molecule has 0 unspecified atom stereocenters.